The second-order valence-corrected chi connectivity index (χ2v) is 12.7. The van der Waals surface area contributed by atoms with Crippen LogP contribution in [0.1, 0.15) is 61.4 Å². The number of rotatable bonds is 17. The SMILES string of the molecule is C[C@H](CC(=O)[C@H](Cc1ccccc1)NC(=O)C1(CC(=O)c2ccc(-c3ccccc3)cc2)CC1)C(=O)NC(CCC(N)=O)C(O)C(F)(F)F. The van der Waals surface area contributed by atoms with Crippen LogP contribution in [0.5, 0.6) is 0 Å². The smallest absolute Gasteiger partial charge is 0.382 e. The van der Waals surface area contributed by atoms with E-state index in [-0.39, 0.29) is 18.6 Å². The van der Waals surface area contributed by atoms with Gasteiger partial charge >= 0.3 is 6.18 Å². The maximum atomic E-state index is 13.6. The first-order chi connectivity index (χ1) is 23.2. The minimum Gasteiger partial charge on any atom is -0.382 e. The van der Waals surface area contributed by atoms with Gasteiger partial charge in [-0.2, -0.15) is 13.2 Å². The van der Waals surface area contributed by atoms with E-state index in [2.05, 4.69) is 10.6 Å². The number of halogens is 3. The van der Waals surface area contributed by atoms with Gasteiger partial charge in [-0.3, -0.25) is 24.0 Å². The Hall–Kier alpha value is -4.84. The number of primary amides is 1. The van der Waals surface area contributed by atoms with Crippen LogP contribution in [-0.4, -0.2) is 58.8 Å². The van der Waals surface area contributed by atoms with Crippen molar-refractivity contribution in [2.24, 2.45) is 17.1 Å². The minimum atomic E-state index is -5.08. The largest absolute Gasteiger partial charge is 0.416 e. The molecule has 3 amide bonds. The lowest BCUT2D eigenvalue weighted by Crippen LogP contribution is -2.52. The van der Waals surface area contributed by atoms with E-state index in [1.807, 2.05) is 42.5 Å². The molecule has 2 unspecified atom stereocenters. The fourth-order valence-corrected chi connectivity index (χ4v) is 5.63. The average molecular weight is 680 g/mol. The van der Waals surface area contributed by atoms with E-state index in [1.54, 1.807) is 42.5 Å². The molecule has 4 rings (SSSR count). The van der Waals surface area contributed by atoms with Crippen molar-refractivity contribution in [2.75, 3.05) is 0 Å². The number of carbonyl (C=O) groups excluding carboxylic acids is 5. The van der Waals surface area contributed by atoms with E-state index in [1.165, 1.54) is 6.92 Å². The maximum absolute atomic E-state index is 13.6. The van der Waals surface area contributed by atoms with Crippen molar-refractivity contribution < 1.29 is 42.3 Å². The van der Waals surface area contributed by atoms with Crippen molar-refractivity contribution in [3.8, 4) is 11.1 Å². The Kier molecular flexibility index (Phi) is 12.1. The van der Waals surface area contributed by atoms with Gasteiger partial charge in [0.25, 0.3) is 0 Å². The molecule has 1 saturated carbocycles. The molecule has 0 aromatic heterocycles. The van der Waals surface area contributed by atoms with Gasteiger partial charge in [-0.15, -0.1) is 0 Å². The number of nitrogens with two attached hydrogens (primary N) is 1. The third-order valence-corrected chi connectivity index (χ3v) is 8.83. The number of aliphatic hydroxyl groups is 1. The molecule has 0 spiro atoms. The summed E-state index contributed by atoms with van der Waals surface area (Å²) < 4.78 is 39.7. The van der Waals surface area contributed by atoms with Gasteiger partial charge in [0.1, 0.15) is 0 Å². The predicted molar refractivity (Wildman–Crippen MR) is 176 cm³/mol. The summed E-state index contributed by atoms with van der Waals surface area (Å²) in [6, 6.07) is 22.7. The first-order valence-electron chi connectivity index (χ1n) is 16.1. The first-order valence-corrected chi connectivity index (χ1v) is 16.1. The predicted octanol–water partition coefficient (Wildman–Crippen LogP) is 4.70. The van der Waals surface area contributed by atoms with E-state index in [9.17, 15) is 42.3 Å². The van der Waals surface area contributed by atoms with Crippen molar-refractivity contribution in [2.45, 2.75) is 76.2 Å². The molecule has 12 heteroatoms. The molecule has 0 radical (unpaired) electrons. The molecule has 0 bridgehead atoms. The highest BCUT2D eigenvalue weighted by atomic mass is 19.4. The topological polar surface area (TPSA) is 156 Å². The van der Waals surface area contributed by atoms with Gasteiger partial charge in [0.15, 0.2) is 17.7 Å². The third-order valence-electron chi connectivity index (χ3n) is 8.83. The van der Waals surface area contributed by atoms with E-state index >= 15 is 0 Å². The molecule has 0 aliphatic heterocycles. The van der Waals surface area contributed by atoms with Crippen molar-refractivity contribution >= 4 is 29.3 Å². The number of hydrogen-bond donors (Lipinski definition) is 4. The van der Waals surface area contributed by atoms with Gasteiger partial charge < -0.3 is 21.5 Å². The number of benzene rings is 3. The Bertz CT molecular complexity index is 1630. The molecule has 1 aliphatic carbocycles. The number of aliphatic hydroxyl groups excluding tert-OH is 1. The molecule has 3 aromatic rings. The van der Waals surface area contributed by atoms with Crippen LogP contribution in [0.3, 0.4) is 0 Å². The molecule has 1 aliphatic rings. The number of carbonyl (C=O) groups is 5. The van der Waals surface area contributed by atoms with Crippen molar-refractivity contribution in [3.05, 3.63) is 96.1 Å². The fraction of sp³-hybridized carbons (Fsp3) is 0.378. The summed E-state index contributed by atoms with van der Waals surface area (Å²) in [4.78, 5) is 64.6. The van der Waals surface area contributed by atoms with Crippen molar-refractivity contribution in [1.82, 2.24) is 10.6 Å². The Balaban J connectivity index is 1.43. The van der Waals surface area contributed by atoms with Crippen LogP contribution >= 0.6 is 0 Å². The summed E-state index contributed by atoms with van der Waals surface area (Å²) in [5.74, 6) is -4.22. The zero-order valence-corrected chi connectivity index (χ0v) is 27.0. The molecule has 0 heterocycles. The van der Waals surface area contributed by atoms with Crippen LogP contribution in [0.25, 0.3) is 11.1 Å². The Morgan fingerprint density at radius 2 is 1.43 bits per heavy atom. The van der Waals surface area contributed by atoms with E-state index in [0.717, 1.165) is 16.7 Å². The second-order valence-electron chi connectivity index (χ2n) is 12.7. The van der Waals surface area contributed by atoms with Crippen LogP contribution in [0.15, 0.2) is 84.9 Å². The summed E-state index contributed by atoms with van der Waals surface area (Å²) in [5.41, 5.74) is 7.18. The summed E-state index contributed by atoms with van der Waals surface area (Å²) in [6.07, 6.45) is -8.62. The number of ketones is 2. The molecule has 0 saturated heterocycles. The second kappa shape index (κ2) is 16.0. The third kappa shape index (κ3) is 10.3. The highest BCUT2D eigenvalue weighted by Gasteiger charge is 2.52. The zero-order valence-electron chi connectivity index (χ0n) is 27.0. The van der Waals surface area contributed by atoms with E-state index in [0.29, 0.717) is 18.4 Å². The standard InChI is InChI=1S/C37H40F3N3O6/c1-23(34(48)42-28(16-17-32(41)46)33(47)37(38,39)40)20-30(44)29(21-24-8-4-2-5-9-24)43-35(49)36(18-19-36)22-31(45)27-14-12-26(13-15-27)25-10-6-3-7-11-25/h2-15,23,28-29,33,47H,16-22H2,1H3,(H2,41,46)(H,42,48)(H,43,49)/t23-,28?,29+,33?/m1/s1. The summed E-state index contributed by atoms with van der Waals surface area (Å²) in [5, 5.41) is 14.7. The quantitative estimate of drug-likeness (QED) is 0.152. The van der Waals surface area contributed by atoms with Gasteiger partial charge in [-0.05, 0) is 42.4 Å². The van der Waals surface area contributed by atoms with E-state index < -0.39 is 78.5 Å². The first kappa shape index (κ1) is 37.0. The lowest BCUT2D eigenvalue weighted by molar-refractivity contribution is -0.213. The van der Waals surface area contributed by atoms with Crippen LogP contribution in [-0.2, 0) is 25.6 Å². The molecule has 5 N–H and O–H groups in total. The maximum Gasteiger partial charge on any atom is 0.416 e. The molecular formula is C37H40F3N3O6. The molecule has 3 aromatic carbocycles. The molecular weight excluding hydrogens is 639 g/mol. The normalized spacial score (nSPS) is 16.0. The number of alkyl halides is 3. The number of nitrogens with one attached hydrogen (secondary N) is 2. The average Bonchev–Trinajstić information content (AvgIpc) is 3.86. The number of Topliss-reactive ketones (excluding diaryl/α,β-unsaturated/α-hetero) is 2. The monoisotopic (exact) mass is 679 g/mol. The molecule has 4 atom stereocenters. The zero-order chi connectivity index (χ0) is 35.8. The van der Waals surface area contributed by atoms with E-state index in [4.69, 9.17) is 5.73 Å². The van der Waals surface area contributed by atoms with Gasteiger partial charge in [-0.25, -0.2) is 0 Å². The molecule has 49 heavy (non-hydrogen) atoms. The number of amides is 3. The molecule has 260 valence electrons. The minimum absolute atomic E-state index is 0.0528. The van der Waals surface area contributed by atoms with Crippen molar-refractivity contribution in [3.63, 3.8) is 0 Å². The van der Waals surface area contributed by atoms with Gasteiger partial charge in [-0.1, -0.05) is 91.9 Å². The highest BCUT2D eigenvalue weighted by molar-refractivity contribution is 6.02. The Morgan fingerprint density at radius 1 is 0.857 bits per heavy atom. The van der Waals surface area contributed by atoms with Crippen LogP contribution in [0.4, 0.5) is 13.2 Å². The van der Waals surface area contributed by atoms with Crippen molar-refractivity contribution in [1.29, 1.82) is 0 Å². The fourth-order valence-electron chi connectivity index (χ4n) is 5.63. The highest BCUT2D eigenvalue weighted by Crippen LogP contribution is 2.50. The van der Waals surface area contributed by atoms with Crippen LogP contribution in [0.2, 0.25) is 0 Å². The molecule has 9 nitrogen and oxygen atoms in total. The lowest BCUT2D eigenvalue weighted by atomic mass is 9.91. The Morgan fingerprint density at radius 3 is 1.98 bits per heavy atom. The van der Waals surface area contributed by atoms with Crippen LogP contribution in [0, 0.1) is 11.3 Å². The Labute approximate surface area is 282 Å². The van der Waals surface area contributed by atoms with Gasteiger partial charge in [0.2, 0.25) is 17.7 Å². The summed E-state index contributed by atoms with van der Waals surface area (Å²) in [6.45, 7) is 1.34. The molecule has 1 fully saturated rings. The van der Waals surface area contributed by atoms with Gasteiger partial charge in [0, 0.05) is 30.7 Å². The lowest BCUT2D eigenvalue weighted by Gasteiger charge is -2.27. The summed E-state index contributed by atoms with van der Waals surface area (Å²) >= 11 is 0. The van der Waals surface area contributed by atoms with Crippen LogP contribution < -0.4 is 16.4 Å². The van der Waals surface area contributed by atoms with Gasteiger partial charge in [0.05, 0.1) is 17.5 Å². The summed E-state index contributed by atoms with van der Waals surface area (Å²) in [7, 11) is 0. The number of hydrogen-bond acceptors (Lipinski definition) is 6.